The van der Waals surface area contributed by atoms with Crippen molar-refractivity contribution in [3.05, 3.63) is 0 Å². The largest absolute Gasteiger partial charge is 0.480 e. The zero-order valence-corrected chi connectivity index (χ0v) is 13.5. The summed E-state index contributed by atoms with van der Waals surface area (Å²) in [6, 6.07) is 0.456. The molecule has 3 nitrogen and oxygen atoms in total. The highest BCUT2D eigenvalue weighted by molar-refractivity contribution is 7.99. The number of hydrogen-bond donors (Lipinski definition) is 2. The predicted octanol–water partition coefficient (Wildman–Crippen LogP) is 3.82. The van der Waals surface area contributed by atoms with Crippen molar-refractivity contribution in [2.45, 2.75) is 88.0 Å². The molecule has 2 saturated carbocycles. The molecule has 1 atom stereocenters. The van der Waals surface area contributed by atoms with E-state index in [9.17, 15) is 9.90 Å². The highest BCUT2D eigenvalue weighted by Gasteiger charge is 2.40. The van der Waals surface area contributed by atoms with Crippen molar-refractivity contribution >= 4 is 17.7 Å². The van der Waals surface area contributed by atoms with E-state index >= 15 is 0 Å². The number of carboxylic acids is 1. The van der Waals surface area contributed by atoms with Crippen LogP contribution in [0.1, 0.15) is 71.1 Å². The first-order valence-corrected chi connectivity index (χ1v) is 9.34. The van der Waals surface area contributed by atoms with Crippen molar-refractivity contribution < 1.29 is 9.90 Å². The zero-order chi connectivity index (χ0) is 14.4. The van der Waals surface area contributed by atoms with E-state index in [1.165, 1.54) is 32.1 Å². The molecule has 1 unspecified atom stereocenters. The van der Waals surface area contributed by atoms with Gasteiger partial charge in [-0.05, 0) is 50.7 Å². The summed E-state index contributed by atoms with van der Waals surface area (Å²) < 4.78 is 0. The Kier molecular flexibility index (Phi) is 6.21. The number of aliphatic carboxylic acids is 1. The highest BCUT2D eigenvalue weighted by atomic mass is 32.2. The minimum Gasteiger partial charge on any atom is -0.480 e. The van der Waals surface area contributed by atoms with Crippen LogP contribution in [0.4, 0.5) is 0 Å². The lowest BCUT2D eigenvalue weighted by atomic mass is 9.90. The molecule has 0 bridgehead atoms. The second-order valence-corrected chi connectivity index (χ2v) is 7.80. The van der Waals surface area contributed by atoms with Crippen LogP contribution in [0.3, 0.4) is 0 Å². The van der Waals surface area contributed by atoms with Crippen LogP contribution in [0, 0.1) is 0 Å². The van der Waals surface area contributed by atoms with Gasteiger partial charge in [-0.1, -0.05) is 26.2 Å². The lowest BCUT2D eigenvalue weighted by molar-refractivity contribution is -0.145. The second-order valence-electron chi connectivity index (χ2n) is 6.39. The van der Waals surface area contributed by atoms with Gasteiger partial charge in [-0.25, -0.2) is 0 Å². The third kappa shape index (κ3) is 4.66. The van der Waals surface area contributed by atoms with Crippen molar-refractivity contribution in [2.75, 3.05) is 5.75 Å². The molecule has 116 valence electrons. The zero-order valence-electron chi connectivity index (χ0n) is 12.7. The van der Waals surface area contributed by atoms with Crippen LogP contribution in [-0.2, 0) is 4.79 Å². The Labute approximate surface area is 127 Å². The van der Waals surface area contributed by atoms with E-state index in [1.54, 1.807) is 0 Å². The van der Waals surface area contributed by atoms with E-state index in [0.29, 0.717) is 12.5 Å². The summed E-state index contributed by atoms with van der Waals surface area (Å²) >= 11 is 2.07. The lowest BCUT2D eigenvalue weighted by Crippen LogP contribution is -2.52. The molecule has 0 heterocycles. The lowest BCUT2D eigenvalue weighted by Gasteiger charge is -2.30. The summed E-state index contributed by atoms with van der Waals surface area (Å²) in [5.74, 6) is 0.459. The highest BCUT2D eigenvalue weighted by Crippen LogP contribution is 2.31. The Bertz CT molecular complexity index is 314. The van der Waals surface area contributed by atoms with Gasteiger partial charge in [0.25, 0.3) is 0 Å². The van der Waals surface area contributed by atoms with Crippen LogP contribution in [0.15, 0.2) is 0 Å². The van der Waals surface area contributed by atoms with Crippen molar-refractivity contribution in [1.82, 2.24) is 5.32 Å². The number of hydrogen-bond acceptors (Lipinski definition) is 3. The molecule has 4 heteroatoms. The van der Waals surface area contributed by atoms with Crippen molar-refractivity contribution in [3.8, 4) is 0 Å². The maximum atomic E-state index is 11.6. The van der Waals surface area contributed by atoms with E-state index < -0.39 is 11.5 Å². The van der Waals surface area contributed by atoms with Gasteiger partial charge >= 0.3 is 5.97 Å². The van der Waals surface area contributed by atoms with Crippen molar-refractivity contribution in [3.63, 3.8) is 0 Å². The predicted molar refractivity (Wildman–Crippen MR) is 85.4 cm³/mol. The SMILES string of the molecule is CCC(CCCSC1CCCCC1)(NC1CC1)C(=O)O. The maximum absolute atomic E-state index is 11.6. The average molecular weight is 299 g/mol. The third-order valence-electron chi connectivity index (χ3n) is 4.72. The van der Waals surface area contributed by atoms with Crippen LogP contribution < -0.4 is 5.32 Å². The number of rotatable bonds is 9. The molecular formula is C16H29NO2S. The molecule has 0 amide bonds. The summed E-state index contributed by atoms with van der Waals surface area (Å²) in [7, 11) is 0. The Morgan fingerprint density at radius 2 is 1.95 bits per heavy atom. The Balaban J connectivity index is 1.71. The summed E-state index contributed by atoms with van der Waals surface area (Å²) in [5.41, 5.74) is -0.672. The molecule has 2 N–H and O–H groups in total. The quantitative estimate of drug-likeness (QED) is 0.636. The van der Waals surface area contributed by atoms with Crippen LogP contribution in [-0.4, -0.2) is 33.7 Å². The van der Waals surface area contributed by atoms with E-state index in [4.69, 9.17) is 0 Å². The first kappa shape index (κ1) is 16.2. The third-order valence-corrected chi connectivity index (χ3v) is 6.19. The first-order chi connectivity index (χ1) is 9.66. The molecule has 20 heavy (non-hydrogen) atoms. The molecule has 2 fully saturated rings. The molecule has 2 aliphatic rings. The van der Waals surface area contributed by atoms with Gasteiger partial charge in [0, 0.05) is 11.3 Å². The Morgan fingerprint density at radius 1 is 1.25 bits per heavy atom. The Morgan fingerprint density at radius 3 is 2.50 bits per heavy atom. The fourth-order valence-electron chi connectivity index (χ4n) is 3.15. The van der Waals surface area contributed by atoms with Gasteiger partial charge in [0.2, 0.25) is 0 Å². The Hall–Kier alpha value is -0.220. The summed E-state index contributed by atoms with van der Waals surface area (Å²) in [6.45, 7) is 2.00. The van der Waals surface area contributed by atoms with Crippen molar-refractivity contribution in [1.29, 1.82) is 0 Å². The van der Waals surface area contributed by atoms with Crippen LogP contribution in [0.2, 0.25) is 0 Å². The fraction of sp³-hybridized carbons (Fsp3) is 0.938. The standard InChI is InChI=1S/C16H29NO2S/c1-2-16(15(18)19,17-13-9-10-13)11-6-12-20-14-7-4-3-5-8-14/h13-14,17H,2-12H2,1H3,(H,18,19). The molecule has 2 aliphatic carbocycles. The normalized spacial score (nSPS) is 23.4. The van der Waals surface area contributed by atoms with E-state index in [0.717, 1.165) is 36.7 Å². The van der Waals surface area contributed by atoms with Crippen LogP contribution >= 0.6 is 11.8 Å². The van der Waals surface area contributed by atoms with Crippen LogP contribution in [0.25, 0.3) is 0 Å². The van der Waals surface area contributed by atoms with Crippen LogP contribution in [0.5, 0.6) is 0 Å². The monoisotopic (exact) mass is 299 g/mol. The summed E-state index contributed by atoms with van der Waals surface area (Å²) in [5, 5.41) is 13.8. The average Bonchev–Trinajstić information content (AvgIpc) is 3.27. The minimum absolute atomic E-state index is 0.456. The number of carbonyl (C=O) groups is 1. The van der Waals surface area contributed by atoms with Gasteiger partial charge in [0.1, 0.15) is 5.54 Å². The fourth-order valence-corrected chi connectivity index (χ4v) is 4.46. The number of nitrogens with one attached hydrogen (secondary N) is 1. The van der Waals surface area contributed by atoms with Crippen molar-refractivity contribution in [2.24, 2.45) is 0 Å². The molecule has 0 aromatic rings. The van der Waals surface area contributed by atoms with E-state index in [1.807, 2.05) is 6.92 Å². The summed E-state index contributed by atoms with van der Waals surface area (Å²) in [4.78, 5) is 11.6. The molecule has 0 radical (unpaired) electrons. The van der Waals surface area contributed by atoms with Gasteiger partial charge in [0.05, 0.1) is 0 Å². The van der Waals surface area contributed by atoms with Gasteiger partial charge in [-0.15, -0.1) is 0 Å². The van der Waals surface area contributed by atoms with E-state index in [2.05, 4.69) is 17.1 Å². The molecule has 0 aliphatic heterocycles. The second kappa shape index (κ2) is 7.69. The number of thioether (sulfide) groups is 1. The molecular weight excluding hydrogens is 270 g/mol. The molecule has 2 rings (SSSR count). The molecule has 0 aromatic carbocycles. The minimum atomic E-state index is -0.672. The first-order valence-electron chi connectivity index (χ1n) is 8.29. The van der Waals surface area contributed by atoms with Gasteiger partial charge in [0.15, 0.2) is 0 Å². The van der Waals surface area contributed by atoms with Gasteiger partial charge in [-0.2, -0.15) is 11.8 Å². The van der Waals surface area contributed by atoms with Gasteiger partial charge < -0.3 is 5.11 Å². The topological polar surface area (TPSA) is 49.3 Å². The number of carboxylic acid groups (broad SMARTS) is 1. The maximum Gasteiger partial charge on any atom is 0.323 e. The summed E-state index contributed by atoms with van der Waals surface area (Å²) in [6.07, 6.45) is 11.7. The molecule has 0 saturated heterocycles. The molecule has 0 aromatic heterocycles. The molecule has 0 spiro atoms. The van der Waals surface area contributed by atoms with E-state index in [-0.39, 0.29) is 0 Å². The van der Waals surface area contributed by atoms with Gasteiger partial charge in [-0.3, -0.25) is 10.1 Å². The smallest absolute Gasteiger partial charge is 0.323 e.